The summed E-state index contributed by atoms with van der Waals surface area (Å²) in [6.07, 6.45) is -0.120. The summed E-state index contributed by atoms with van der Waals surface area (Å²) in [7, 11) is 1.57. The van der Waals surface area contributed by atoms with Crippen LogP contribution >= 0.6 is 11.3 Å². The summed E-state index contributed by atoms with van der Waals surface area (Å²) in [5.41, 5.74) is 0.940. The topological polar surface area (TPSA) is 51.2 Å². The van der Waals surface area contributed by atoms with Gasteiger partial charge in [0.05, 0.1) is 24.9 Å². The number of aromatic nitrogens is 1. The number of carbonyl (C=O) groups excluding carboxylic acids is 1. The van der Waals surface area contributed by atoms with E-state index in [2.05, 4.69) is 10.3 Å². The molecule has 0 fully saturated rings. The Hall–Kier alpha value is -2.87. The number of amides is 1. The summed E-state index contributed by atoms with van der Waals surface area (Å²) in [5, 5.41) is 4.64. The van der Waals surface area contributed by atoms with E-state index in [1.807, 2.05) is 12.1 Å². The summed E-state index contributed by atoms with van der Waals surface area (Å²) in [6, 6.07) is 9.01. The van der Waals surface area contributed by atoms with Gasteiger partial charge < -0.3 is 10.1 Å². The SMILES string of the molecule is COc1ccc(-c2nc(CC(=O)Nc3ccc(F)c(F)c3F)cs2)cc1. The number of methoxy groups -OCH3 is 1. The van der Waals surface area contributed by atoms with Gasteiger partial charge in [0, 0.05) is 10.9 Å². The largest absolute Gasteiger partial charge is 0.497 e. The summed E-state index contributed by atoms with van der Waals surface area (Å²) in [6.45, 7) is 0. The van der Waals surface area contributed by atoms with Gasteiger partial charge >= 0.3 is 0 Å². The fraction of sp³-hybridized carbons (Fsp3) is 0.111. The minimum absolute atomic E-state index is 0.120. The van der Waals surface area contributed by atoms with E-state index in [1.165, 1.54) is 11.3 Å². The minimum atomic E-state index is -1.63. The van der Waals surface area contributed by atoms with Crippen molar-refractivity contribution >= 4 is 22.9 Å². The van der Waals surface area contributed by atoms with Gasteiger partial charge in [0.1, 0.15) is 10.8 Å². The first-order chi connectivity index (χ1) is 12.5. The molecule has 2 aromatic carbocycles. The molecule has 0 saturated heterocycles. The Bertz CT molecular complexity index is 942. The van der Waals surface area contributed by atoms with Crippen LogP contribution in [0.4, 0.5) is 18.9 Å². The third-order valence-electron chi connectivity index (χ3n) is 3.54. The molecule has 0 spiro atoms. The molecule has 3 aromatic rings. The average Bonchev–Trinajstić information content (AvgIpc) is 3.10. The lowest BCUT2D eigenvalue weighted by atomic mass is 10.2. The molecule has 26 heavy (non-hydrogen) atoms. The lowest BCUT2D eigenvalue weighted by molar-refractivity contribution is -0.115. The van der Waals surface area contributed by atoms with Crippen molar-refractivity contribution in [3.63, 3.8) is 0 Å². The van der Waals surface area contributed by atoms with Crippen molar-refractivity contribution in [2.24, 2.45) is 0 Å². The van der Waals surface area contributed by atoms with E-state index in [4.69, 9.17) is 4.74 Å². The summed E-state index contributed by atoms with van der Waals surface area (Å²) in [5.74, 6) is -4.24. The predicted molar refractivity (Wildman–Crippen MR) is 92.8 cm³/mol. The molecule has 134 valence electrons. The number of hydrogen-bond donors (Lipinski definition) is 1. The smallest absolute Gasteiger partial charge is 0.230 e. The summed E-state index contributed by atoms with van der Waals surface area (Å²) < 4.78 is 44.8. The van der Waals surface area contributed by atoms with E-state index < -0.39 is 29.0 Å². The molecule has 0 radical (unpaired) electrons. The standard InChI is InChI=1S/C18H13F3N2O2S/c1-25-12-4-2-10(3-5-12)18-22-11(9-26-18)8-15(24)23-14-7-6-13(19)16(20)17(14)21/h2-7,9H,8H2,1H3,(H,23,24). The van der Waals surface area contributed by atoms with Gasteiger partial charge in [-0.15, -0.1) is 11.3 Å². The van der Waals surface area contributed by atoms with Crippen LogP contribution in [0.1, 0.15) is 5.69 Å². The van der Waals surface area contributed by atoms with Crippen LogP contribution in [0.5, 0.6) is 5.75 Å². The number of ether oxygens (including phenoxy) is 1. The van der Waals surface area contributed by atoms with Gasteiger partial charge in [-0.1, -0.05) is 0 Å². The third kappa shape index (κ3) is 3.85. The van der Waals surface area contributed by atoms with Gasteiger partial charge in [0.25, 0.3) is 0 Å². The Morgan fingerprint density at radius 3 is 2.54 bits per heavy atom. The molecule has 0 aliphatic rings. The molecule has 1 aromatic heterocycles. The van der Waals surface area contributed by atoms with Crippen molar-refractivity contribution < 1.29 is 22.7 Å². The first-order valence-corrected chi connectivity index (χ1v) is 8.38. The van der Waals surface area contributed by atoms with Crippen LogP contribution in [0.25, 0.3) is 10.6 Å². The highest BCUT2D eigenvalue weighted by atomic mass is 32.1. The predicted octanol–water partition coefficient (Wildman–Crippen LogP) is 4.42. The van der Waals surface area contributed by atoms with Crippen LogP contribution in [0.2, 0.25) is 0 Å². The second-order valence-corrected chi connectivity index (χ2v) is 6.18. The fourth-order valence-electron chi connectivity index (χ4n) is 2.24. The quantitative estimate of drug-likeness (QED) is 0.669. The number of carbonyl (C=O) groups is 1. The number of nitrogens with one attached hydrogen (secondary N) is 1. The van der Waals surface area contributed by atoms with Crippen LogP contribution in [-0.4, -0.2) is 18.0 Å². The monoisotopic (exact) mass is 378 g/mol. The molecule has 0 bridgehead atoms. The Labute approximate surface area is 151 Å². The van der Waals surface area contributed by atoms with Crippen LogP contribution in [-0.2, 0) is 11.2 Å². The number of nitrogens with zero attached hydrogens (tertiary/aromatic N) is 1. The summed E-state index contributed by atoms with van der Waals surface area (Å²) >= 11 is 1.36. The van der Waals surface area contributed by atoms with Crippen LogP contribution in [0, 0.1) is 17.5 Å². The zero-order valence-electron chi connectivity index (χ0n) is 13.6. The first-order valence-electron chi connectivity index (χ1n) is 7.50. The van der Waals surface area contributed by atoms with Crippen molar-refractivity contribution in [1.82, 2.24) is 4.98 Å². The van der Waals surface area contributed by atoms with Crippen molar-refractivity contribution in [3.8, 4) is 16.3 Å². The van der Waals surface area contributed by atoms with Gasteiger partial charge in [-0.2, -0.15) is 0 Å². The molecular formula is C18H13F3N2O2S. The Morgan fingerprint density at radius 2 is 1.85 bits per heavy atom. The zero-order chi connectivity index (χ0) is 18.7. The molecular weight excluding hydrogens is 365 g/mol. The van der Waals surface area contributed by atoms with E-state index in [9.17, 15) is 18.0 Å². The Kier molecular flexibility index (Phi) is 5.22. The molecule has 4 nitrogen and oxygen atoms in total. The molecule has 3 rings (SSSR count). The number of hydrogen-bond acceptors (Lipinski definition) is 4. The second-order valence-electron chi connectivity index (χ2n) is 5.32. The molecule has 0 aliphatic heterocycles. The number of benzene rings is 2. The van der Waals surface area contributed by atoms with Gasteiger partial charge in [-0.25, -0.2) is 18.2 Å². The highest BCUT2D eigenvalue weighted by molar-refractivity contribution is 7.13. The van der Waals surface area contributed by atoms with Crippen molar-refractivity contribution in [1.29, 1.82) is 0 Å². The van der Waals surface area contributed by atoms with Gasteiger partial charge in [-0.05, 0) is 36.4 Å². The number of thiazole rings is 1. The van der Waals surface area contributed by atoms with E-state index in [1.54, 1.807) is 24.6 Å². The lowest BCUT2D eigenvalue weighted by Gasteiger charge is -2.06. The van der Waals surface area contributed by atoms with Crippen LogP contribution in [0.3, 0.4) is 0 Å². The van der Waals surface area contributed by atoms with E-state index in [0.29, 0.717) is 5.69 Å². The molecule has 0 atom stereocenters. The maximum absolute atomic E-state index is 13.6. The molecule has 0 aliphatic carbocycles. The summed E-state index contributed by atoms with van der Waals surface area (Å²) in [4.78, 5) is 16.4. The zero-order valence-corrected chi connectivity index (χ0v) is 14.4. The molecule has 0 saturated carbocycles. The van der Waals surface area contributed by atoms with E-state index in [-0.39, 0.29) is 6.42 Å². The van der Waals surface area contributed by atoms with Crippen LogP contribution in [0.15, 0.2) is 41.8 Å². The van der Waals surface area contributed by atoms with Gasteiger partial charge in [0.2, 0.25) is 5.91 Å². The number of halogens is 3. The molecule has 1 amide bonds. The maximum Gasteiger partial charge on any atom is 0.230 e. The Morgan fingerprint density at radius 1 is 1.12 bits per heavy atom. The van der Waals surface area contributed by atoms with Crippen molar-refractivity contribution in [2.75, 3.05) is 12.4 Å². The second kappa shape index (κ2) is 7.57. The molecule has 8 heteroatoms. The van der Waals surface area contributed by atoms with E-state index in [0.717, 1.165) is 28.5 Å². The van der Waals surface area contributed by atoms with Crippen molar-refractivity contribution in [3.05, 3.63) is 64.9 Å². The highest BCUT2D eigenvalue weighted by Gasteiger charge is 2.16. The molecule has 0 unspecified atom stereocenters. The lowest BCUT2D eigenvalue weighted by Crippen LogP contribution is -2.16. The van der Waals surface area contributed by atoms with Crippen molar-refractivity contribution in [2.45, 2.75) is 6.42 Å². The maximum atomic E-state index is 13.6. The van der Waals surface area contributed by atoms with Gasteiger partial charge in [-0.3, -0.25) is 4.79 Å². The number of anilines is 1. The highest BCUT2D eigenvalue weighted by Crippen LogP contribution is 2.26. The normalized spacial score (nSPS) is 10.6. The van der Waals surface area contributed by atoms with Crippen LogP contribution < -0.4 is 10.1 Å². The Balaban J connectivity index is 1.69. The molecule has 1 N–H and O–H groups in total. The molecule has 1 heterocycles. The third-order valence-corrected chi connectivity index (χ3v) is 4.48. The number of rotatable bonds is 5. The van der Waals surface area contributed by atoms with Gasteiger partial charge in [0.15, 0.2) is 17.5 Å². The van der Waals surface area contributed by atoms with E-state index >= 15 is 0 Å². The fourth-order valence-corrected chi connectivity index (χ4v) is 3.06. The average molecular weight is 378 g/mol. The minimum Gasteiger partial charge on any atom is -0.497 e. The first kappa shape index (κ1) is 17.9.